The van der Waals surface area contributed by atoms with Crippen molar-refractivity contribution in [3.63, 3.8) is 0 Å². The highest BCUT2D eigenvalue weighted by Gasteiger charge is 2.43. The number of aryl methyl sites for hydroxylation is 1. The van der Waals surface area contributed by atoms with Crippen LogP contribution in [0.2, 0.25) is 0 Å². The Bertz CT molecular complexity index is 1630. The maximum atomic E-state index is 13.1. The van der Waals surface area contributed by atoms with Gasteiger partial charge in [0.2, 0.25) is 0 Å². The van der Waals surface area contributed by atoms with E-state index in [2.05, 4.69) is 20.3 Å². The largest absolute Gasteiger partial charge is 0.485 e. The number of nitrogens with one attached hydrogen (secondary N) is 3. The van der Waals surface area contributed by atoms with Crippen molar-refractivity contribution in [3.05, 3.63) is 88.9 Å². The van der Waals surface area contributed by atoms with Crippen LogP contribution in [0.3, 0.4) is 0 Å². The number of aromatic nitrogens is 5. The molecule has 4 N–H and O–H groups in total. The fraction of sp³-hybridized carbons (Fsp3) is 0.222. The topological polar surface area (TPSA) is 121 Å². The highest BCUT2D eigenvalue weighted by molar-refractivity contribution is 5.86. The number of imidazole rings is 2. The molecular formula is C27H26N6O3. The number of pyridine rings is 1. The molecule has 0 aliphatic carbocycles. The number of ether oxygens (including phenoxy) is 1. The molecular weight excluding hydrogens is 456 g/mol. The molecule has 2 aromatic carbocycles. The zero-order chi connectivity index (χ0) is 25.0. The maximum absolute atomic E-state index is 13.1. The first kappa shape index (κ1) is 22.1. The van der Waals surface area contributed by atoms with Crippen LogP contribution in [0.15, 0.2) is 72.2 Å². The molecule has 6 rings (SSSR count). The first-order valence-corrected chi connectivity index (χ1v) is 11.7. The molecule has 2 atom stereocenters. The fourth-order valence-corrected chi connectivity index (χ4v) is 4.85. The molecule has 0 saturated carbocycles. The molecule has 9 nitrogen and oxygen atoms in total. The van der Waals surface area contributed by atoms with Gasteiger partial charge in [-0.2, -0.15) is 0 Å². The van der Waals surface area contributed by atoms with Crippen molar-refractivity contribution in [3.8, 4) is 22.8 Å². The van der Waals surface area contributed by atoms with Crippen LogP contribution in [0.4, 0.5) is 5.69 Å². The minimum absolute atomic E-state index is 0.291. The van der Waals surface area contributed by atoms with Gasteiger partial charge in [-0.05, 0) is 50.6 Å². The number of para-hydroxylation sites is 1. The molecule has 4 heterocycles. The van der Waals surface area contributed by atoms with Gasteiger partial charge in [-0.15, -0.1) is 0 Å². The molecule has 182 valence electrons. The lowest BCUT2D eigenvalue weighted by atomic mass is 9.86. The molecule has 5 aromatic rings. The van der Waals surface area contributed by atoms with Gasteiger partial charge in [0, 0.05) is 29.8 Å². The van der Waals surface area contributed by atoms with Gasteiger partial charge in [0.05, 0.1) is 29.1 Å². The Balaban J connectivity index is 1.46. The zero-order valence-electron chi connectivity index (χ0n) is 20.1. The van der Waals surface area contributed by atoms with Gasteiger partial charge >= 0.3 is 0 Å². The second-order valence-electron chi connectivity index (χ2n) is 9.62. The van der Waals surface area contributed by atoms with Gasteiger partial charge in [0.1, 0.15) is 28.8 Å². The van der Waals surface area contributed by atoms with Crippen LogP contribution >= 0.6 is 0 Å². The van der Waals surface area contributed by atoms with Crippen LogP contribution in [0, 0.1) is 6.92 Å². The van der Waals surface area contributed by atoms with E-state index in [1.807, 2.05) is 67.9 Å². The standard InChI is InChI=1S/C27H26N6O3/c1-15-12-16(33-11-10-28-14-33)13-19-22(15)32-25(31-19)21-18(8-9-29-26(21)35)30-23-17-6-4-5-7-20(17)36-27(2,3)24(23)34/h4-14,23-24,34H,1-3H3,(H,31,32)(H2,29,30,35)/t23-,24+/m1/s1. The predicted molar refractivity (Wildman–Crippen MR) is 138 cm³/mol. The van der Waals surface area contributed by atoms with Crippen LogP contribution in [-0.4, -0.2) is 41.3 Å². The average Bonchev–Trinajstić information content (AvgIpc) is 3.52. The number of hydrogen-bond acceptors (Lipinski definition) is 6. The summed E-state index contributed by atoms with van der Waals surface area (Å²) in [5.41, 5.74) is 4.12. The van der Waals surface area contributed by atoms with Crippen LogP contribution < -0.4 is 15.6 Å². The van der Waals surface area contributed by atoms with E-state index in [4.69, 9.17) is 9.72 Å². The summed E-state index contributed by atoms with van der Waals surface area (Å²) in [6.07, 6.45) is 6.06. The van der Waals surface area contributed by atoms with E-state index in [0.717, 1.165) is 27.8 Å². The third-order valence-corrected chi connectivity index (χ3v) is 6.73. The second kappa shape index (κ2) is 8.10. The summed E-state index contributed by atoms with van der Waals surface area (Å²) in [5.74, 6) is 1.14. The highest BCUT2D eigenvalue weighted by atomic mass is 16.5. The minimum atomic E-state index is -0.866. The summed E-state index contributed by atoms with van der Waals surface area (Å²) in [4.78, 5) is 28.1. The molecule has 0 unspecified atom stereocenters. The number of aliphatic hydroxyl groups is 1. The van der Waals surface area contributed by atoms with Crippen molar-refractivity contribution >= 4 is 16.7 Å². The van der Waals surface area contributed by atoms with Crippen molar-refractivity contribution in [2.24, 2.45) is 0 Å². The first-order valence-electron chi connectivity index (χ1n) is 11.7. The Hall–Kier alpha value is -4.37. The monoisotopic (exact) mass is 482 g/mol. The van der Waals surface area contributed by atoms with Gasteiger partial charge < -0.3 is 29.7 Å². The van der Waals surface area contributed by atoms with E-state index < -0.39 is 17.7 Å². The Morgan fingerprint density at radius 1 is 1.19 bits per heavy atom. The number of hydrogen-bond donors (Lipinski definition) is 4. The zero-order valence-corrected chi connectivity index (χ0v) is 20.1. The number of aromatic amines is 2. The summed E-state index contributed by atoms with van der Waals surface area (Å²) in [7, 11) is 0. The Morgan fingerprint density at radius 2 is 2.03 bits per heavy atom. The van der Waals surface area contributed by atoms with E-state index in [1.165, 1.54) is 0 Å². The lowest BCUT2D eigenvalue weighted by molar-refractivity contribution is -0.0532. The normalized spacial score (nSPS) is 18.6. The van der Waals surface area contributed by atoms with E-state index in [1.54, 1.807) is 24.8 Å². The van der Waals surface area contributed by atoms with Gasteiger partial charge in [-0.25, -0.2) is 9.97 Å². The molecule has 0 bridgehead atoms. The number of fused-ring (bicyclic) bond motifs is 2. The molecule has 0 fully saturated rings. The fourth-order valence-electron chi connectivity index (χ4n) is 4.85. The molecule has 3 aromatic heterocycles. The van der Waals surface area contributed by atoms with Crippen LogP contribution in [0.5, 0.6) is 5.75 Å². The third kappa shape index (κ3) is 3.56. The van der Waals surface area contributed by atoms with Crippen molar-refractivity contribution in [1.29, 1.82) is 0 Å². The predicted octanol–water partition coefficient (Wildman–Crippen LogP) is 4.10. The number of aliphatic hydroxyl groups excluding tert-OH is 1. The van der Waals surface area contributed by atoms with Gasteiger partial charge in [-0.3, -0.25) is 4.79 Å². The minimum Gasteiger partial charge on any atom is -0.485 e. The molecule has 1 aliphatic heterocycles. The molecule has 0 radical (unpaired) electrons. The number of rotatable bonds is 4. The molecule has 0 amide bonds. The van der Waals surface area contributed by atoms with E-state index in [0.29, 0.717) is 22.8 Å². The van der Waals surface area contributed by atoms with E-state index in [9.17, 15) is 9.90 Å². The van der Waals surface area contributed by atoms with Gasteiger partial charge in [-0.1, -0.05) is 18.2 Å². The van der Waals surface area contributed by atoms with Crippen molar-refractivity contribution in [2.75, 3.05) is 5.32 Å². The summed E-state index contributed by atoms with van der Waals surface area (Å²) >= 11 is 0. The number of benzene rings is 2. The van der Waals surface area contributed by atoms with Crippen LogP contribution in [0.1, 0.15) is 31.0 Å². The summed E-state index contributed by atoms with van der Waals surface area (Å²) in [5, 5.41) is 14.6. The Morgan fingerprint density at radius 3 is 2.83 bits per heavy atom. The number of nitrogens with zero attached hydrogens (tertiary/aromatic N) is 3. The van der Waals surface area contributed by atoms with Crippen LogP contribution in [-0.2, 0) is 0 Å². The highest BCUT2D eigenvalue weighted by Crippen LogP contribution is 2.42. The molecule has 0 spiro atoms. The quantitative estimate of drug-likeness (QED) is 0.306. The van der Waals surface area contributed by atoms with Gasteiger partial charge in [0.15, 0.2) is 0 Å². The smallest absolute Gasteiger partial charge is 0.261 e. The lowest BCUT2D eigenvalue weighted by Crippen LogP contribution is -2.50. The SMILES string of the molecule is Cc1cc(-n2ccnc2)cc2[nH]c(-c3c(N[C@@H]4c5ccccc5OC(C)(C)[C@H]4O)cc[nH]c3=O)nc12. The van der Waals surface area contributed by atoms with E-state index in [-0.39, 0.29) is 5.56 Å². The summed E-state index contributed by atoms with van der Waals surface area (Å²) in [6.45, 7) is 5.68. The average molecular weight is 483 g/mol. The molecule has 9 heteroatoms. The summed E-state index contributed by atoms with van der Waals surface area (Å²) < 4.78 is 7.97. The van der Waals surface area contributed by atoms with Gasteiger partial charge in [0.25, 0.3) is 5.56 Å². The maximum Gasteiger partial charge on any atom is 0.261 e. The van der Waals surface area contributed by atoms with Crippen molar-refractivity contribution in [2.45, 2.75) is 38.5 Å². The van der Waals surface area contributed by atoms with Crippen LogP contribution in [0.25, 0.3) is 28.1 Å². The molecule has 1 aliphatic rings. The number of anilines is 1. The number of H-pyrrole nitrogens is 2. The Labute approximate surface area is 206 Å². The Kier molecular flexibility index (Phi) is 4.97. The summed E-state index contributed by atoms with van der Waals surface area (Å²) in [6, 6.07) is 12.9. The molecule has 36 heavy (non-hydrogen) atoms. The third-order valence-electron chi connectivity index (χ3n) is 6.73. The molecule has 0 saturated heterocycles. The van der Waals surface area contributed by atoms with E-state index >= 15 is 0 Å². The first-order chi connectivity index (χ1) is 17.3. The lowest BCUT2D eigenvalue weighted by Gasteiger charge is -2.42. The van der Waals surface area contributed by atoms with Crippen molar-refractivity contribution < 1.29 is 9.84 Å². The second-order valence-corrected chi connectivity index (χ2v) is 9.62. The van der Waals surface area contributed by atoms with Crippen molar-refractivity contribution in [1.82, 2.24) is 24.5 Å².